The summed E-state index contributed by atoms with van der Waals surface area (Å²) in [7, 11) is 1.78. The van der Waals surface area contributed by atoms with Gasteiger partial charge in [0, 0.05) is 30.3 Å². The lowest BCUT2D eigenvalue weighted by Gasteiger charge is -2.22. The van der Waals surface area contributed by atoms with Crippen molar-refractivity contribution in [2.24, 2.45) is 0 Å². The molecule has 1 amide bonds. The summed E-state index contributed by atoms with van der Waals surface area (Å²) in [6.45, 7) is 1.72. The Morgan fingerprint density at radius 3 is 2.29 bits per heavy atom. The van der Waals surface area contributed by atoms with Crippen LogP contribution in [0.25, 0.3) is 22.2 Å². The van der Waals surface area contributed by atoms with Crippen molar-refractivity contribution in [3.05, 3.63) is 59.9 Å². The van der Waals surface area contributed by atoms with Crippen LogP contribution in [-0.2, 0) is 9.53 Å². The lowest BCUT2D eigenvalue weighted by Crippen LogP contribution is -2.27. The Bertz CT molecular complexity index is 954. The van der Waals surface area contributed by atoms with E-state index in [2.05, 4.69) is 10.3 Å². The molecule has 0 saturated heterocycles. The summed E-state index contributed by atoms with van der Waals surface area (Å²) in [5.74, 6) is -1.60. The SMILES string of the molecule is CC(CO)NC=O.COC1CCC1.Fc1ccc(-c2cc3cc(F)cc(F)c3[nH]2)cc1. The Morgan fingerprint density at radius 1 is 1.16 bits per heavy atom. The third-order valence-corrected chi connectivity index (χ3v) is 4.81. The highest BCUT2D eigenvalue weighted by Gasteiger charge is 2.14. The Morgan fingerprint density at radius 2 is 1.84 bits per heavy atom. The molecule has 31 heavy (non-hydrogen) atoms. The third-order valence-electron chi connectivity index (χ3n) is 4.81. The van der Waals surface area contributed by atoms with Gasteiger partial charge in [-0.25, -0.2) is 13.2 Å². The first kappa shape index (κ1) is 24.4. The molecule has 0 spiro atoms. The number of ether oxygens (including phenoxy) is 1. The third kappa shape index (κ3) is 7.41. The maximum atomic E-state index is 13.5. The molecule has 1 aliphatic rings. The van der Waals surface area contributed by atoms with Crippen LogP contribution in [0.5, 0.6) is 0 Å². The highest BCUT2D eigenvalue weighted by atomic mass is 19.1. The lowest BCUT2D eigenvalue weighted by molar-refractivity contribution is -0.110. The number of methoxy groups -OCH3 is 1. The molecule has 168 valence electrons. The second-order valence-corrected chi connectivity index (χ2v) is 7.20. The monoisotopic (exact) mass is 436 g/mol. The van der Waals surface area contributed by atoms with Gasteiger partial charge in [-0.15, -0.1) is 0 Å². The number of H-pyrrole nitrogens is 1. The molecule has 0 aliphatic heterocycles. The van der Waals surface area contributed by atoms with Gasteiger partial charge in [0.2, 0.25) is 6.41 Å². The minimum absolute atomic E-state index is 0.00125. The largest absolute Gasteiger partial charge is 0.394 e. The Labute approximate surface area is 179 Å². The van der Waals surface area contributed by atoms with Gasteiger partial charge in [0.25, 0.3) is 0 Å². The molecule has 1 atom stereocenters. The molecule has 1 aliphatic carbocycles. The van der Waals surface area contributed by atoms with Crippen LogP contribution in [0.2, 0.25) is 0 Å². The molecule has 1 fully saturated rings. The van der Waals surface area contributed by atoms with E-state index in [1.165, 1.54) is 37.5 Å². The second kappa shape index (κ2) is 12.1. The quantitative estimate of drug-likeness (QED) is 0.514. The number of hydrogen-bond donors (Lipinski definition) is 3. The van der Waals surface area contributed by atoms with Gasteiger partial charge in [-0.3, -0.25) is 4.79 Å². The zero-order valence-electron chi connectivity index (χ0n) is 17.5. The summed E-state index contributed by atoms with van der Waals surface area (Å²) >= 11 is 0. The van der Waals surface area contributed by atoms with Crippen LogP contribution in [0.4, 0.5) is 13.2 Å². The maximum absolute atomic E-state index is 13.5. The van der Waals surface area contributed by atoms with Crippen molar-refractivity contribution in [1.82, 2.24) is 10.3 Å². The fourth-order valence-corrected chi connectivity index (χ4v) is 2.73. The van der Waals surface area contributed by atoms with Crippen molar-refractivity contribution < 1.29 is 27.8 Å². The summed E-state index contributed by atoms with van der Waals surface area (Å²) in [5, 5.41) is 11.1. The molecule has 0 radical (unpaired) electrons. The van der Waals surface area contributed by atoms with E-state index in [9.17, 15) is 18.0 Å². The van der Waals surface area contributed by atoms with Gasteiger partial charge >= 0.3 is 0 Å². The molecule has 1 saturated carbocycles. The van der Waals surface area contributed by atoms with Gasteiger partial charge in [0.05, 0.1) is 18.2 Å². The van der Waals surface area contributed by atoms with Crippen molar-refractivity contribution in [2.45, 2.75) is 38.3 Å². The summed E-state index contributed by atoms with van der Waals surface area (Å²) in [6.07, 6.45) is 5.14. The van der Waals surface area contributed by atoms with Crippen LogP contribution < -0.4 is 5.32 Å². The van der Waals surface area contributed by atoms with Crippen LogP contribution in [-0.4, -0.2) is 42.4 Å². The molecule has 8 heteroatoms. The number of carbonyl (C=O) groups is 1. The Hall–Kier alpha value is -2.84. The smallest absolute Gasteiger partial charge is 0.207 e. The number of aromatic nitrogens is 1. The van der Waals surface area contributed by atoms with Crippen LogP contribution >= 0.6 is 0 Å². The van der Waals surface area contributed by atoms with Crippen molar-refractivity contribution in [3.63, 3.8) is 0 Å². The first-order valence-corrected chi connectivity index (χ1v) is 9.95. The molecule has 2 aromatic carbocycles. The fraction of sp³-hybridized carbons (Fsp3) is 0.348. The van der Waals surface area contributed by atoms with Gasteiger partial charge in [-0.2, -0.15) is 0 Å². The molecule has 3 N–H and O–H groups in total. The Balaban J connectivity index is 0.000000216. The van der Waals surface area contributed by atoms with Gasteiger partial charge in [-0.05, 0) is 68.1 Å². The van der Waals surface area contributed by atoms with E-state index in [4.69, 9.17) is 9.84 Å². The van der Waals surface area contributed by atoms with Crippen molar-refractivity contribution >= 4 is 17.3 Å². The number of halogens is 3. The molecular formula is C23H27F3N2O3. The van der Waals surface area contributed by atoms with Crippen molar-refractivity contribution in [1.29, 1.82) is 0 Å². The van der Waals surface area contributed by atoms with E-state index in [1.807, 2.05) is 0 Å². The van der Waals surface area contributed by atoms with Gasteiger partial charge in [0.15, 0.2) is 0 Å². The first-order chi connectivity index (χ1) is 14.9. The van der Waals surface area contributed by atoms with Crippen LogP contribution in [0.15, 0.2) is 42.5 Å². The standard InChI is InChI=1S/C14H8F3N.C5H10O.C4H9NO2/c15-10-3-1-8(2-4-10)13-6-9-5-11(16)7-12(17)14(9)18-13;1-6-5-3-2-4-5;1-4(2-6)5-3-7/h1-7,18H;5H,2-4H2,1H3;3-4,6H,2H2,1H3,(H,5,7). The normalized spacial score (nSPS) is 13.9. The molecule has 1 heterocycles. The predicted molar refractivity (Wildman–Crippen MR) is 114 cm³/mol. The predicted octanol–water partition coefficient (Wildman–Crippen LogP) is 4.55. The maximum Gasteiger partial charge on any atom is 0.207 e. The number of aliphatic hydroxyl groups is 1. The molecule has 5 nitrogen and oxygen atoms in total. The topological polar surface area (TPSA) is 74.3 Å². The van der Waals surface area contributed by atoms with Crippen molar-refractivity contribution in [2.75, 3.05) is 13.7 Å². The van der Waals surface area contributed by atoms with Gasteiger partial charge in [-0.1, -0.05) is 0 Å². The van der Waals surface area contributed by atoms with E-state index in [0.717, 1.165) is 6.07 Å². The highest BCUT2D eigenvalue weighted by molar-refractivity contribution is 5.86. The van der Waals surface area contributed by atoms with Crippen LogP contribution in [0, 0.1) is 17.5 Å². The fourth-order valence-electron chi connectivity index (χ4n) is 2.73. The van der Waals surface area contributed by atoms with E-state index >= 15 is 0 Å². The summed E-state index contributed by atoms with van der Waals surface area (Å²) < 4.78 is 44.4. The first-order valence-electron chi connectivity index (χ1n) is 9.95. The molecular weight excluding hydrogens is 409 g/mol. The average molecular weight is 436 g/mol. The van der Waals surface area contributed by atoms with Crippen LogP contribution in [0.1, 0.15) is 26.2 Å². The van der Waals surface area contributed by atoms with Crippen LogP contribution in [0.3, 0.4) is 0 Å². The molecule has 1 unspecified atom stereocenters. The minimum atomic E-state index is -0.640. The second-order valence-electron chi connectivity index (χ2n) is 7.20. The molecule has 4 rings (SSSR count). The Kier molecular flexibility index (Phi) is 9.55. The van der Waals surface area contributed by atoms with Crippen molar-refractivity contribution in [3.8, 4) is 11.3 Å². The molecule has 1 aromatic heterocycles. The van der Waals surface area contributed by atoms with Gasteiger partial charge < -0.3 is 20.1 Å². The number of nitrogens with one attached hydrogen (secondary N) is 2. The van der Waals surface area contributed by atoms with E-state index in [1.54, 1.807) is 32.2 Å². The van der Waals surface area contributed by atoms with E-state index in [-0.39, 0.29) is 24.0 Å². The minimum Gasteiger partial charge on any atom is -0.394 e. The van der Waals surface area contributed by atoms with Gasteiger partial charge in [0.1, 0.15) is 17.5 Å². The zero-order valence-corrected chi connectivity index (χ0v) is 17.5. The number of fused-ring (bicyclic) bond motifs is 1. The number of benzene rings is 2. The summed E-state index contributed by atoms with van der Waals surface area (Å²) in [5.41, 5.74) is 1.58. The highest BCUT2D eigenvalue weighted by Crippen LogP contribution is 2.26. The number of hydrogen-bond acceptors (Lipinski definition) is 3. The molecule has 3 aromatic rings. The summed E-state index contributed by atoms with van der Waals surface area (Å²) in [4.78, 5) is 12.4. The number of aromatic amines is 1. The molecule has 0 bridgehead atoms. The van der Waals surface area contributed by atoms with E-state index < -0.39 is 11.6 Å². The lowest BCUT2D eigenvalue weighted by atomic mass is 9.96. The number of rotatable bonds is 5. The number of amides is 1. The number of carbonyl (C=O) groups excluding carboxylic acids is 1. The average Bonchev–Trinajstić information content (AvgIpc) is 3.13. The summed E-state index contributed by atoms with van der Waals surface area (Å²) in [6, 6.07) is 9.39. The zero-order chi connectivity index (χ0) is 22.8. The van der Waals surface area contributed by atoms with E-state index in [0.29, 0.717) is 29.2 Å². The number of aliphatic hydroxyl groups excluding tert-OH is 1.